The van der Waals surface area contributed by atoms with Gasteiger partial charge in [0, 0.05) is 0 Å². The van der Waals surface area contributed by atoms with Crippen LogP contribution < -0.4 is 5.32 Å². The number of carboxylic acid groups (broad SMARTS) is 1. The lowest BCUT2D eigenvalue weighted by Crippen LogP contribution is -2.64. The van der Waals surface area contributed by atoms with E-state index in [0.717, 1.165) is 38.5 Å². The third kappa shape index (κ3) is 4.14. The monoisotopic (exact) mass is 463 g/mol. The van der Waals surface area contributed by atoms with Gasteiger partial charge in [0.15, 0.2) is 0 Å². The first-order valence-corrected chi connectivity index (χ1v) is 12.7. The Kier molecular flexibility index (Phi) is 6.71. The lowest BCUT2D eigenvalue weighted by Gasteiger charge is -2.63. The molecular weight excluding hydrogens is 422 g/mol. The molecule has 0 aliphatic heterocycles. The quantitative estimate of drug-likeness (QED) is 0.398. The molecule has 0 radical (unpaired) electrons. The summed E-state index contributed by atoms with van der Waals surface area (Å²) in [5.41, 5.74) is -0.0176. The molecule has 5 N–H and O–H groups in total. The van der Waals surface area contributed by atoms with Crippen molar-refractivity contribution in [2.24, 2.45) is 46.3 Å². The summed E-state index contributed by atoms with van der Waals surface area (Å²) in [5.74, 6) is -0.229. The maximum atomic E-state index is 11.9. The Bertz CT molecular complexity index is 800. The summed E-state index contributed by atoms with van der Waals surface area (Å²) < 4.78 is 0. The van der Waals surface area contributed by atoms with Gasteiger partial charge >= 0.3 is 5.97 Å². The molecule has 0 aromatic heterocycles. The zero-order valence-electron chi connectivity index (χ0n) is 20.1. The molecule has 11 atom stereocenters. The van der Waals surface area contributed by atoms with Crippen LogP contribution in [0, 0.1) is 46.3 Å². The summed E-state index contributed by atoms with van der Waals surface area (Å²) >= 11 is 0. The number of nitrogens with one attached hydrogen (secondary N) is 1. The molecule has 11 unspecified atom stereocenters. The molecule has 186 valence electrons. The number of amides is 1. The Hall–Kier alpha value is -1.44. The summed E-state index contributed by atoms with van der Waals surface area (Å²) in [6.07, 6.45) is 7.81. The number of carboxylic acids is 1. The van der Waals surface area contributed by atoms with Crippen LogP contribution in [0.3, 0.4) is 0 Å². The normalized spacial score (nSPS) is 47.9. The molecule has 7 heteroatoms. The lowest BCUT2D eigenvalue weighted by atomic mass is 9.43. The molecule has 1 amide bonds. The minimum Gasteiger partial charge on any atom is -0.480 e. The molecular formula is C26H41NO6. The van der Waals surface area contributed by atoms with Gasteiger partial charge in [0.05, 0.1) is 18.3 Å². The van der Waals surface area contributed by atoms with Crippen LogP contribution in [0.25, 0.3) is 0 Å². The first-order valence-electron chi connectivity index (χ1n) is 12.7. The van der Waals surface area contributed by atoms with Crippen molar-refractivity contribution in [3.8, 4) is 0 Å². The second kappa shape index (κ2) is 8.97. The van der Waals surface area contributed by atoms with E-state index in [1.807, 2.05) is 6.08 Å². The van der Waals surface area contributed by atoms with Gasteiger partial charge in [0.2, 0.25) is 5.91 Å². The molecule has 0 aromatic rings. The summed E-state index contributed by atoms with van der Waals surface area (Å²) in [6, 6.07) is 0. The third-order valence-electron chi connectivity index (χ3n) is 10.4. The number of carbonyl (C=O) groups is 2. The molecule has 4 aliphatic carbocycles. The predicted octanol–water partition coefficient (Wildman–Crippen LogP) is 2.34. The molecule has 4 rings (SSSR count). The third-order valence-corrected chi connectivity index (χ3v) is 10.4. The highest BCUT2D eigenvalue weighted by Crippen LogP contribution is 2.68. The summed E-state index contributed by atoms with van der Waals surface area (Å²) in [4.78, 5) is 22.6. The SMILES string of the molecule is CC(C=CC(=O)NCC(=O)O)C1CCC2C3C(O)C(O)C4CC(O)CCC4(C)C3CCC12C. The molecule has 4 saturated carbocycles. The van der Waals surface area contributed by atoms with E-state index >= 15 is 0 Å². The van der Waals surface area contributed by atoms with Gasteiger partial charge in [-0.3, -0.25) is 9.59 Å². The largest absolute Gasteiger partial charge is 0.480 e. The zero-order valence-corrected chi connectivity index (χ0v) is 20.1. The van der Waals surface area contributed by atoms with Gasteiger partial charge in [-0.05, 0) is 97.4 Å². The molecule has 0 saturated heterocycles. The van der Waals surface area contributed by atoms with E-state index in [0.29, 0.717) is 24.2 Å². The van der Waals surface area contributed by atoms with Crippen LogP contribution in [0.2, 0.25) is 0 Å². The number of fused-ring (bicyclic) bond motifs is 5. The van der Waals surface area contributed by atoms with E-state index in [-0.39, 0.29) is 41.2 Å². The molecule has 7 nitrogen and oxygen atoms in total. The zero-order chi connectivity index (χ0) is 24.1. The number of carbonyl (C=O) groups excluding carboxylic acids is 1. The predicted molar refractivity (Wildman–Crippen MR) is 123 cm³/mol. The highest BCUT2D eigenvalue weighted by atomic mass is 16.4. The first-order chi connectivity index (χ1) is 15.5. The van der Waals surface area contributed by atoms with Crippen LogP contribution in [0.1, 0.15) is 65.7 Å². The molecule has 0 spiro atoms. The van der Waals surface area contributed by atoms with Crippen LogP contribution in [0.4, 0.5) is 0 Å². The van der Waals surface area contributed by atoms with Gasteiger partial charge in [-0.25, -0.2) is 0 Å². The first kappa shape index (κ1) is 24.7. The van der Waals surface area contributed by atoms with E-state index in [9.17, 15) is 24.9 Å². The number of allylic oxidation sites excluding steroid dienone is 1. The number of aliphatic hydroxyl groups is 3. The number of hydrogen-bond acceptors (Lipinski definition) is 5. The van der Waals surface area contributed by atoms with Gasteiger partial charge in [-0.1, -0.05) is 26.8 Å². The van der Waals surface area contributed by atoms with Crippen molar-refractivity contribution in [2.45, 2.75) is 84.0 Å². The van der Waals surface area contributed by atoms with Crippen LogP contribution in [0.15, 0.2) is 12.2 Å². The van der Waals surface area contributed by atoms with Crippen LogP contribution in [-0.2, 0) is 9.59 Å². The fraction of sp³-hybridized carbons (Fsp3) is 0.846. The second-order valence-electron chi connectivity index (χ2n) is 11.9. The highest BCUT2D eigenvalue weighted by molar-refractivity contribution is 5.89. The van der Waals surface area contributed by atoms with Gasteiger partial charge in [0.1, 0.15) is 6.54 Å². The average molecular weight is 464 g/mol. The Morgan fingerprint density at radius 2 is 1.64 bits per heavy atom. The van der Waals surface area contributed by atoms with E-state index < -0.39 is 24.1 Å². The highest BCUT2D eigenvalue weighted by Gasteiger charge is 2.65. The van der Waals surface area contributed by atoms with E-state index in [2.05, 4.69) is 26.1 Å². The molecule has 0 aromatic carbocycles. The number of rotatable bonds is 5. The van der Waals surface area contributed by atoms with Gasteiger partial charge in [-0.2, -0.15) is 0 Å². The van der Waals surface area contributed by atoms with Gasteiger partial charge in [-0.15, -0.1) is 0 Å². The fourth-order valence-corrected chi connectivity index (χ4v) is 8.74. The Morgan fingerprint density at radius 3 is 2.33 bits per heavy atom. The fourth-order valence-electron chi connectivity index (χ4n) is 8.74. The number of hydrogen-bond donors (Lipinski definition) is 5. The van der Waals surface area contributed by atoms with E-state index in [4.69, 9.17) is 5.11 Å². The van der Waals surface area contributed by atoms with Gasteiger partial charge < -0.3 is 25.7 Å². The summed E-state index contributed by atoms with van der Waals surface area (Å²) in [5, 5.41) is 43.8. The van der Waals surface area contributed by atoms with Crippen molar-refractivity contribution < 1.29 is 30.0 Å². The van der Waals surface area contributed by atoms with Crippen molar-refractivity contribution in [1.29, 1.82) is 0 Å². The molecule has 0 heterocycles. The van der Waals surface area contributed by atoms with E-state index in [1.165, 1.54) is 6.08 Å². The Balaban J connectivity index is 1.52. The molecule has 0 bridgehead atoms. The minimum atomic E-state index is -1.07. The maximum Gasteiger partial charge on any atom is 0.322 e. The smallest absolute Gasteiger partial charge is 0.322 e. The number of aliphatic hydroxyl groups excluding tert-OH is 3. The van der Waals surface area contributed by atoms with Crippen molar-refractivity contribution in [1.82, 2.24) is 5.32 Å². The summed E-state index contributed by atoms with van der Waals surface area (Å²) in [7, 11) is 0. The molecule has 4 fully saturated rings. The topological polar surface area (TPSA) is 127 Å². The van der Waals surface area contributed by atoms with Crippen molar-refractivity contribution in [3.63, 3.8) is 0 Å². The molecule has 4 aliphatic rings. The Morgan fingerprint density at radius 1 is 0.970 bits per heavy atom. The van der Waals surface area contributed by atoms with Crippen molar-refractivity contribution >= 4 is 11.9 Å². The lowest BCUT2D eigenvalue weighted by molar-refractivity contribution is -0.223. The Labute approximate surface area is 196 Å². The van der Waals surface area contributed by atoms with E-state index in [1.54, 1.807) is 0 Å². The summed E-state index contributed by atoms with van der Waals surface area (Å²) in [6.45, 7) is 6.35. The minimum absolute atomic E-state index is 0.0283. The van der Waals surface area contributed by atoms with Crippen molar-refractivity contribution in [3.05, 3.63) is 12.2 Å². The standard InChI is InChI=1S/C26H41NO6/c1-14(4-7-20(29)27-13-21(30)31)16-5-6-17-22-18(9-11-25(16,17)2)26(3)10-8-15(28)12-19(26)23(32)24(22)33/h4,7,14-19,22-24,28,32-33H,5-6,8-13H2,1-3H3,(H,27,29)(H,30,31). The van der Waals surface area contributed by atoms with Crippen molar-refractivity contribution in [2.75, 3.05) is 6.54 Å². The van der Waals surface area contributed by atoms with Crippen LogP contribution >= 0.6 is 0 Å². The average Bonchev–Trinajstić information content (AvgIpc) is 3.12. The van der Waals surface area contributed by atoms with Gasteiger partial charge in [0.25, 0.3) is 0 Å². The number of aliphatic carboxylic acids is 1. The maximum absolute atomic E-state index is 11.9. The van der Waals surface area contributed by atoms with Crippen LogP contribution in [0.5, 0.6) is 0 Å². The molecule has 33 heavy (non-hydrogen) atoms. The second-order valence-corrected chi connectivity index (χ2v) is 11.9. The van der Waals surface area contributed by atoms with Crippen LogP contribution in [-0.4, -0.2) is 57.2 Å².